The fraction of sp³-hybridized carbons (Fsp3) is 0.148. The number of methoxy groups -OCH3 is 1. The van der Waals surface area contributed by atoms with Crippen LogP contribution in [0, 0.1) is 5.82 Å². The first-order valence-corrected chi connectivity index (χ1v) is 12.3. The quantitative estimate of drug-likeness (QED) is 0.301. The van der Waals surface area contributed by atoms with Gasteiger partial charge in [-0.3, -0.25) is 9.20 Å². The van der Waals surface area contributed by atoms with Crippen molar-refractivity contribution in [2.75, 3.05) is 23.9 Å². The number of hydrogen-bond donors (Lipinski definition) is 3. The van der Waals surface area contributed by atoms with Gasteiger partial charge in [0.2, 0.25) is 5.91 Å². The number of anilines is 3. The number of imidazole rings is 1. The molecule has 196 valence electrons. The van der Waals surface area contributed by atoms with Crippen LogP contribution in [0.15, 0.2) is 54.9 Å². The highest BCUT2D eigenvalue weighted by Gasteiger charge is 2.48. The van der Waals surface area contributed by atoms with Crippen molar-refractivity contribution in [1.29, 1.82) is 0 Å². The molecule has 3 aromatic heterocycles. The summed E-state index contributed by atoms with van der Waals surface area (Å²) in [4.78, 5) is 31.6. The number of hydrogen-bond acceptors (Lipinski definition) is 8. The standard InChI is InChI=1S/C27H22ClFN8O2/c1-27(14-6-7-16(28)19(10-14)39-2)21-22(31)34-23(35-24(21)36-26(27)38)18-12-37-20(30)11-32-25(37)17(33-18)9-13-4-3-5-15(29)8-13/h3-8,10-12H,9,30H2,1-2H3,(H3,31,34,35,36,38). The first kappa shape index (κ1) is 24.6. The SMILES string of the molecule is COc1cc(C2(C)C(=O)Nc3nc(-c4cn5c(N)cnc5c(Cc5cccc(F)c5)n4)nc(N)c32)ccc1Cl. The number of nitrogens with two attached hydrogens (primary N) is 2. The van der Waals surface area contributed by atoms with E-state index in [1.165, 1.54) is 25.4 Å². The number of carbonyl (C=O) groups excluding carboxylic acids is 1. The van der Waals surface area contributed by atoms with Gasteiger partial charge in [-0.2, -0.15) is 0 Å². The van der Waals surface area contributed by atoms with Gasteiger partial charge in [-0.15, -0.1) is 0 Å². The smallest absolute Gasteiger partial charge is 0.240 e. The van der Waals surface area contributed by atoms with E-state index >= 15 is 0 Å². The van der Waals surface area contributed by atoms with Gasteiger partial charge in [-0.1, -0.05) is 29.8 Å². The molecule has 12 heteroatoms. The maximum Gasteiger partial charge on any atom is 0.240 e. The molecule has 1 aliphatic heterocycles. The normalized spacial score (nSPS) is 16.4. The zero-order valence-corrected chi connectivity index (χ0v) is 21.6. The molecule has 6 rings (SSSR count). The van der Waals surface area contributed by atoms with E-state index in [0.717, 1.165) is 0 Å². The molecule has 5 N–H and O–H groups in total. The Morgan fingerprint density at radius 3 is 2.74 bits per heavy atom. The topological polar surface area (TPSA) is 146 Å². The van der Waals surface area contributed by atoms with E-state index in [-0.39, 0.29) is 29.2 Å². The van der Waals surface area contributed by atoms with Crippen molar-refractivity contribution in [2.24, 2.45) is 0 Å². The van der Waals surface area contributed by atoms with Gasteiger partial charge in [0, 0.05) is 12.6 Å². The molecule has 39 heavy (non-hydrogen) atoms. The highest BCUT2D eigenvalue weighted by Crippen LogP contribution is 2.46. The number of amides is 1. The average molecular weight is 545 g/mol. The maximum absolute atomic E-state index is 13.8. The first-order chi connectivity index (χ1) is 18.7. The van der Waals surface area contributed by atoms with E-state index in [0.29, 0.717) is 56.7 Å². The number of benzene rings is 2. The molecular weight excluding hydrogens is 523 g/mol. The number of ether oxygens (including phenoxy) is 1. The summed E-state index contributed by atoms with van der Waals surface area (Å²) in [5.41, 5.74) is 14.6. The number of rotatable bonds is 5. The molecule has 2 aromatic carbocycles. The molecule has 10 nitrogen and oxygen atoms in total. The zero-order chi connectivity index (χ0) is 27.5. The van der Waals surface area contributed by atoms with Crippen molar-refractivity contribution in [3.63, 3.8) is 0 Å². The Hall–Kier alpha value is -4.77. The van der Waals surface area contributed by atoms with Gasteiger partial charge in [0.05, 0.1) is 29.6 Å². The zero-order valence-electron chi connectivity index (χ0n) is 20.9. The second-order valence-electron chi connectivity index (χ2n) is 9.34. The van der Waals surface area contributed by atoms with Crippen LogP contribution < -0.4 is 21.5 Å². The first-order valence-electron chi connectivity index (χ1n) is 11.9. The number of nitrogen functional groups attached to an aromatic ring is 2. The van der Waals surface area contributed by atoms with Crippen molar-refractivity contribution in [3.8, 4) is 17.3 Å². The van der Waals surface area contributed by atoms with Gasteiger partial charge in [-0.05, 0) is 42.3 Å². The summed E-state index contributed by atoms with van der Waals surface area (Å²) in [5, 5.41) is 3.25. The number of nitrogens with zero attached hydrogens (tertiary/aromatic N) is 5. The highest BCUT2D eigenvalue weighted by atomic mass is 35.5. The summed E-state index contributed by atoms with van der Waals surface area (Å²) < 4.78 is 20.8. The van der Waals surface area contributed by atoms with Crippen molar-refractivity contribution in [3.05, 3.63) is 88.1 Å². The van der Waals surface area contributed by atoms with Crippen LogP contribution in [0.5, 0.6) is 5.75 Å². The predicted molar refractivity (Wildman–Crippen MR) is 145 cm³/mol. The summed E-state index contributed by atoms with van der Waals surface area (Å²) in [7, 11) is 1.50. The van der Waals surface area contributed by atoms with E-state index in [1.54, 1.807) is 47.9 Å². The van der Waals surface area contributed by atoms with Gasteiger partial charge >= 0.3 is 0 Å². The molecule has 4 heterocycles. The van der Waals surface area contributed by atoms with Gasteiger partial charge < -0.3 is 21.5 Å². The van der Waals surface area contributed by atoms with Crippen molar-refractivity contribution >= 4 is 40.6 Å². The second kappa shape index (κ2) is 8.91. The number of nitrogens with one attached hydrogen (secondary N) is 1. The van der Waals surface area contributed by atoms with E-state index in [1.807, 2.05) is 0 Å². The van der Waals surface area contributed by atoms with Crippen LogP contribution in [-0.2, 0) is 16.6 Å². The van der Waals surface area contributed by atoms with Gasteiger partial charge in [-0.25, -0.2) is 24.3 Å². The molecule has 0 spiro atoms. The minimum absolute atomic E-state index is 0.108. The van der Waals surface area contributed by atoms with E-state index < -0.39 is 5.41 Å². The van der Waals surface area contributed by atoms with Crippen LogP contribution in [0.4, 0.5) is 21.8 Å². The average Bonchev–Trinajstić information content (AvgIpc) is 3.41. The van der Waals surface area contributed by atoms with Crippen molar-refractivity contribution < 1.29 is 13.9 Å². The Morgan fingerprint density at radius 1 is 1.15 bits per heavy atom. The third-order valence-corrected chi connectivity index (χ3v) is 7.24. The van der Waals surface area contributed by atoms with E-state index in [2.05, 4.69) is 20.3 Å². The molecule has 0 bridgehead atoms. The van der Waals surface area contributed by atoms with Gasteiger partial charge in [0.1, 0.15) is 40.1 Å². The number of aromatic nitrogens is 5. The van der Waals surface area contributed by atoms with Crippen molar-refractivity contribution in [2.45, 2.75) is 18.8 Å². The van der Waals surface area contributed by atoms with Crippen LogP contribution in [0.3, 0.4) is 0 Å². The number of halogens is 2. The Bertz CT molecular complexity index is 1810. The lowest BCUT2D eigenvalue weighted by Crippen LogP contribution is -2.33. The van der Waals surface area contributed by atoms with Crippen molar-refractivity contribution in [1.82, 2.24) is 24.3 Å². The van der Waals surface area contributed by atoms with Gasteiger partial charge in [0.25, 0.3) is 0 Å². The maximum atomic E-state index is 13.8. The van der Waals surface area contributed by atoms with E-state index in [9.17, 15) is 9.18 Å². The number of fused-ring (bicyclic) bond motifs is 2. The molecule has 1 amide bonds. The molecule has 0 saturated heterocycles. The molecule has 0 fully saturated rings. The molecule has 0 saturated carbocycles. The molecular formula is C27H22ClFN8O2. The molecule has 1 atom stereocenters. The van der Waals surface area contributed by atoms with Crippen LogP contribution in [-0.4, -0.2) is 37.4 Å². The summed E-state index contributed by atoms with van der Waals surface area (Å²) in [6.45, 7) is 1.74. The number of carbonyl (C=O) groups is 1. The fourth-order valence-corrected chi connectivity index (χ4v) is 5.10. The Kier molecular flexibility index (Phi) is 5.61. The third-order valence-electron chi connectivity index (χ3n) is 6.93. The Balaban J connectivity index is 1.48. The summed E-state index contributed by atoms with van der Waals surface area (Å²) >= 11 is 6.20. The van der Waals surface area contributed by atoms with Crippen LogP contribution in [0.25, 0.3) is 17.2 Å². The molecule has 0 aliphatic carbocycles. The lowest BCUT2D eigenvalue weighted by atomic mass is 9.77. The minimum atomic E-state index is -1.19. The van der Waals surface area contributed by atoms with Crippen LogP contribution >= 0.6 is 11.6 Å². The van der Waals surface area contributed by atoms with Crippen LogP contribution in [0.1, 0.15) is 29.3 Å². The lowest BCUT2D eigenvalue weighted by Gasteiger charge is -2.24. The molecule has 1 aliphatic rings. The largest absolute Gasteiger partial charge is 0.495 e. The summed E-state index contributed by atoms with van der Waals surface area (Å²) in [6, 6.07) is 11.3. The molecule has 1 unspecified atom stereocenters. The second-order valence-corrected chi connectivity index (χ2v) is 9.75. The predicted octanol–water partition coefficient (Wildman–Crippen LogP) is 4.00. The molecule has 5 aromatic rings. The monoisotopic (exact) mass is 544 g/mol. The lowest BCUT2D eigenvalue weighted by molar-refractivity contribution is -0.119. The van der Waals surface area contributed by atoms with Gasteiger partial charge in [0.15, 0.2) is 11.5 Å². The third kappa shape index (κ3) is 3.89. The fourth-order valence-electron chi connectivity index (χ4n) is 4.90. The summed E-state index contributed by atoms with van der Waals surface area (Å²) in [6.07, 6.45) is 3.45. The Morgan fingerprint density at radius 2 is 1.97 bits per heavy atom. The van der Waals surface area contributed by atoms with E-state index in [4.69, 9.17) is 32.8 Å². The van der Waals surface area contributed by atoms with Crippen LogP contribution in [0.2, 0.25) is 5.02 Å². The summed E-state index contributed by atoms with van der Waals surface area (Å²) in [5.74, 6) is 0.682. The highest BCUT2D eigenvalue weighted by molar-refractivity contribution is 6.32. The molecule has 0 radical (unpaired) electrons. The Labute approximate surface area is 226 Å². The minimum Gasteiger partial charge on any atom is -0.495 e.